The Morgan fingerprint density at radius 1 is 1.77 bits per heavy atom. The maximum atomic E-state index is 11.0. The highest BCUT2D eigenvalue weighted by Gasteiger charge is 2.04. The molecule has 1 N–H and O–H groups in total. The van der Waals surface area contributed by atoms with Crippen molar-refractivity contribution in [2.24, 2.45) is 0 Å². The Kier molecular flexibility index (Phi) is 3.92. The largest absolute Gasteiger partial charge is 0.310 e. The van der Waals surface area contributed by atoms with E-state index in [1.165, 1.54) is 6.20 Å². The van der Waals surface area contributed by atoms with Crippen molar-refractivity contribution >= 4 is 45.9 Å². The minimum Gasteiger partial charge on any atom is -0.310 e. The van der Waals surface area contributed by atoms with E-state index in [9.17, 15) is 4.79 Å². The normalized spacial score (nSPS) is 9.77. The molecule has 0 atom stereocenters. The van der Waals surface area contributed by atoms with Crippen molar-refractivity contribution in [1.82, 2.24) is 4.98 Å². The molecule has 1 heterocycles. The Morgan fingerprint density at radius 3 is 3.00 bits per heavy atom. The van der Waals surface area contributed by atoms with Gasteiger partial charge >= 0.3 is 0 Å². The third kappa shape index (κ3) is 3.11. The van der Waals surface area contributed by atoms with E-state index in [1.807, 2.05) is 0 Å². The van der Waals surface area contributed by atoms with Crippen LogP contribution in [0.5, 0.6) is 0 Å². The molecule has 0 radical (unpaired) electrons. The summed E-state index contributed by atoms with van der Waals surface area (Å²) < 4.78 is 0.840. The van der Waals surface area contributed by atoms with Gasteiger partial charge in [-0.3, -0.25) is 4.79 Å². The molecule has 0 spiro atoms. The lowest BCUT2D eigenvalue weighted by Gasteiger charge is -2.04. The zero-order valence-corrected chi connectivity index (χ0v) is 9.89. The fraction of sp³-hybridized carbons (Fsp3) is 0.250. The van der Waals surface area contributed by atoms with Crippen LogP contribution in [0.15, 0.2) is 12.3 Å². The maximum absolute atomic E-state index is 11.0. The van der Waals surface area contributed by atoms with E-state index in [0.29, 0.717) is 17.3 Å². The van der Waals surface area contributed by atoms with Gasteiger partial charge in [-0.2, -0.15) is 0 Å². The van der Waals surface area contributed by atoms with Crippen LogP contribution >= 0.6 is 34.2 Å². The van der Waals surface area contributed by atoms with E-state index in [-0.39, 0.29) is 5.91 Å². The predicted octanol–water partition coefficient (Wildman–Crippen LogP) is 2.69. The third-order valence-corrected chi connectivity index (χ3v) is 2.42. The lowest BCUT2D eigenvalue weighted by Crippen LogP contribution is -2.11. The van der Waals surface area contributed by atoms with Gasteiger partial charge in [0.15, 0.2) is 0 Å². The monoisotopic (exact) mass is 310 g/mol. The average molecular weight is 311 g/mol. The molecule has 0 fully saturated rings. The van der Waals surface area contributed by atoms with Gasteiger partial charge in [0.05, 0.1) is 8.59 Å². The summed E-state index contributed by atoms with van der Waals surface area (Å²) in [7, 11) is 0. The molecule has 1 aromatic heterocycles. The van der Waals surface area contributed by atoms with Crippen LogP contribution in [0.1, 0.15) is 13.3 Å². The molecule has 0 saturated carbocycles. The molecular weight excluding hydrogens is 302 g/mol. The van der Waals surface area contributed by atoms with Gasteiger partial charge in [-0.05, 0) is 28.7 Å². The van der Waals surface area contributed by atoms with Crippen LogP contribution in [-0.4, -0.2) is 10.9 Å². The number of aromatic nitrogens is 1. The fourth-order valence-electron chi connectivity index (χ4n) is 0.727. The number of hydrogen-bond donors (Lipinski definition) is 1. The van der Waals surface area contributed by atoms with E-state index in [0.717, 1.165) is 3.57 Å². The fourth-order valence-corrected chi connectivity index (χ4v) is 1.68. The maximum Gasteiger partial charge on any atom is 0.225 e. The summed E-state index contributed by atoms with van der Waals surface area (Å²) in [6, 6.07) is 1.75. The first-order valence-electron chi connectivity index (χ1n) is 3.74. The van der Waals surface area contributed by atoms with Crippen LogP contribution in [0, 0.1) is 3.57 Å². The van der Waals surface area contributed by atoms with Gasteiger partial charge in [0, 0.05) is 12.6 Å². The van der Waals surface area contributed by atoms with Crippen molar-refractivity contribution in [2.75, 3.05) is 5.32 Å². The molecule has 0 bridgehead atoms. The highest BCUT2D eigenvalue weighted by molar-refractivity contribution is 14.1. The van der Waals surface area contributed by atoms with Crippen molar-refractivity contribution < 1.29 is 4.79 Å². The van der Waals surface area contributed by atoms with Crippen LogP contribution in [0.25, 0.3) is 0 Å². The number of anilines is 1. The Labute approximate surface area is 95.0 Å². The van der Waals surface area contributed by atoms with Gasteiger partial charge in [-0.1, -0.05) is 18.5 Å². The second kappa shape index (κ2) is 4.76. The lowest BCUT2D eigenvalue weighted by molar-refractivity contribution is -0.115. The number of nitrogens with zero attached hydrogens (tertiary/aromatic N) is 1. The topological polar surface area (TPSA) is 42.0 Å². The first kappa shape index (κ1) is 10.7. The van der Waals surface area contributed by atoms with Gasteiger partial charge in [-0.25, -0.2) is 4.98 Å². The Hall–Kier alpha value is -0.360. The summed E-state index contributed by atoms with van der Waals surface area (Å²) in [5, 5.41) is 3.24. The second-order valence-electron chi connectivity index (χ2n) is 2.39. The van der Waals surface area contributed by atoms with Gasteiger partial charge in [0.25, 0.3) is 0 Å². The molecule has 5 heteroatoms. The number of halogens is 2. The molecule has 1 rings (SSSR count). The highest BCUT2D eigenvalue weighted by Crippen LogP contribution is 2.19. The third-order valence-electron chi connectivity index (χ3n) is 1.39. The number of nitrogens with one attached hydrogen (secondary N) is 1. The standard InChI is InChI=1S/C8H8ClIN2O/c1-2-7(13)12-8-6(10)3-5(9)4-11-8/h3-4H,2H2,1H3,(H,11,12,13). The van der Waals surface area contributed by atoms with E-state index >= 15 is 0 Å². The Balaban J connectivity index is 2.83. The summed E-state index contributed by atoms with van der Waals surface area (Å²) in [5.41, 5.74) is 0. The van der Waals surface area contributed by atoms with Gasteiger partial charge in [-0.15, -0.1) is 0 Å². The minimum atomic E-state index is -0.0484. The summed E-state index contributed by atoms with van der Waals surface area (Å²) in [5.74, 6) is 0.518. The van der Waals surface area contributed by atoms with E-state index < -0.39 is 0 Å². The summed E-state index contributed by atoms with van der Waals surface area (Å²) in [6.07, 6.45) is 1.95. The van der Waals surface area contributed by atoms with Gasteiger partial charge in [0.1, 0.15) is 5.82 Å². The molecule has 0 aliphatic rings. The van der Waals surface area contributed by atoms with Crippen LogP contribution in [0.2, 0.25) is 5.02 Å². The smallest absolute Gasteiger partial charge is 0.225 e. The lowest BCUT2D eigenvalue weighted by atomic mass is 10.4. The van der Waals surface area contributed by atoms with Gasteiger partial charge in [0.2, 0.25) is 5.91 Å². The van der Waals surface area contributed by atoms with Crippen LogP contribution in [-0.2, 0) is 4.79 Å². The number of pyridine rings is 1. The molecule has 0 saturated heterocycles. The van der Waals surface area contributed by atoms with E-state index in [1.54, 1.807) is 13.0 Å². The molecular formula is C8H8ClIN2O. The summed E-state index contributed by atoms with van der Waals surface area (Å²) in [6.45, 7) is 1.79. The number of carbonyl (C=O) groups excluding carboxylic acids is 1. The van der Waals surface area contributed by atoms with E-state index in [2.05, 4.69) is 32.9 Å². The Bertz CT molecular complexity index is 330. The molecule has 0 aliphatic carbocycles. The molecule has 70 valence electrons. The quantitative estimate of drug-likeness (QED) is 0.853. The molecule has 3 nitrogen and oxygen atoms in total. The van der Waals surface area contributed by atoms with Crippen LogP contribution in [0.3, 0.4) is 0 Å². The zero-order valence-electron chi connectivity index (χ0n) is 6.97. The molecule has 0 aromatic carbocycles. The number of carbonyl (C=O) groups is 1. The summed E-state index contributed by atoms with van der Waals surface area (Å²) in [4.78, 5) is 15.0. The van der Waals surface area contributed by atoms with Crippen molar-refractivity contribution in [2.45, 2.75) is 13.3 Å². The Morgan fingerprint density at radius 2 is 2.46 bits per heavy atom. The minimum absolute atomic E-state index is 0.0484. The molecule has 1 aromatic rings. The van der Waals surface area contributed by atoms with Crippen molar-refractivity contribution in [3.05, 3.63) is 20.9 Å². The first-order valence-corrected chi connectivity index (χ1v) is 5.20. The number of amides is 1. The van der Waals surface area contributed by atoms with Gasteiger partial charge < -0.3 is 5.32 Å². The summed E-state index contributed by atoms with van der Waals surface area (Å²) >= 11 is 7.78. The number of hydrogen-bond acceptors (Lipinski definition) is 2. The zero-order chi connectivity index (χ0) is 9.84. The van der Waals surface area contributed by atoms with Crippen molar-refractivity contribution in [1.29, 1.82) is 0 Å². The van der Waals surface area contributed by atoms with E-state index in [4.69, 9.17) is 11.6 Å². The van der Waals surface area contributed by atoms with Crippen molar-refractivity contribution in [3.8, 4) is 0 Å². The second-order valence-corrected chi connectivity index (χ2v) is 3.98. The first-order chi connectivity index (χ1) is 6.13. The van der Waals surface area contributed by atoms with Crippen molar-refractivity contribution in [3.63, 3.8) is 0 Å². The van der Waals surface area contributed by atoms with Crippen LogP contribution in [0.4, 0.5) is 5.82 Å². The molecule has 13 heavy (non-hydrogen) atoms. The number of rotatable bonds is 2. The SMILES string of the molecule is CCC(=O)Nc1ncc(Cl)cc1I. The highest BCUT2D eigenvalue weighted by atomic mass is 127. The predicted molar refractivity (Wildman–Crippen MR) is 60.9 cm³/mol. The molecule has 0 aliphatic heterocycles. The average Bonchev–Trinajstić information content (AvgIpc) is 2.09. The molecule has 1 amide bonds. The van der Waals surface area contributed by atoms with Crippen LogP contribution < -0.4 is 5.32 Å². The molecule has 0 unspecified atom stereocenters.